The van der Waals surface area contributed by atoms with Crippen molar-refractivity contribution in [1.82, 2.24) is 10.2 Å². The van der Waals surface area contributed by atoms with Crippen molar-refractivity contribution in [2.24, 2.45) is 5.41 Å². The highest BCUT2D eigenvalue weighted by molar-refractivity contribution is 5.91. The van der Waals surface area contributed by atoms with Crippen LogP contribution in [0, 0.1) is 25.1 Å². The van der Waals surface area contributed by atoms with Crippen LogP contribution in [-0.2, 0) is 11.3 Å². The third-order valence-electron chi connectivity index (χ3n) is 5.53. The molecule has 1 fully saturated rings. The number of anilines is 1. The molecular formula is C23H28FN3O2. The number of aryl methyl sites for hydroxylation is 2. The van der Waals surface area contributed by atoms with E-state index in [4.69, 9.17) is 0 Å². The van der Waals surface area contributed by atoms with Crippen LogP contribution in [0.15, 0.2) is 42.5 Å². The zero-order valence-electron chi connectivity index (χ0n) is 17.2. The average molecular weight is 397 g/mol. The number of benzene rings is 2. The standard InChI is InChI=1S/C23H28FN3O2/c1-16-5-6-17(2)20(13-16)26-22(29)27-12-4-11-23(3,15-27)21(28)25-14-18-7-9-19(24)10-8-18/h5-10,13H,4,11-12,14-15H2,1-3H3,(H,25,28)(H,26,29). The minimum atomic E-state index is -0.655. The van der Waals surface area contributed by atoms with E-state index in [1.165, 1.54) is 12.1 Å². The molecule has 6 heteroatoms. The van der Waals surface area contributed by atoms with E-state index in [1.807, 2.05) is 39.0 Å². The molecule has 0 bridgehead atoms. The molecule has 1 atom stereocenters. The smallest absolute Gasteiger partial charge is 0.321 e. The van der Waals surface area contributed by atoms with Crippen LogP contribution in [0.1, 0.15) is 36.5 Å². The summed E-state index contributed by atoms with van der Waals surface area (Å²) < 4.78 is 13.0. The van der Waals surface area contributed by atoms with Crippen molar-refractivity contribution in [2.45, 2.75) is 40.2 Å². The first kappa shape index (κ1) is 20.8. The first-order valence-corrected chi connectivity index (χ1v) is 9.93. The van der Waals surface area contributed by atoms with Gasteiger partial charge < -0.3 is 15.5 Å². The first-order chi connectivity index (χ1) is 13.8. The highest BCUT2D eigenvalue weighted by Gasteiger charge is 2.39. The fourth-order valence-electron chi connectivity index (χ4n) is 3.66. The van der Waals surface area contributed by atoms with E-state index in [9.17, 15) is 14.0 Å². The molecule has 0 saturated carbocycles. The van der Waals surface area contributed by atoms with E-state index in [2.05, 4.69) is 10.6 Å². The highest BCUT2D eigenvalue weighted by Crippen LogP contribution is 2.30. The maximum atomic E-state index is 13.0. The number of piperidine rings is 1. The van der Waals surface area contributed by atoms with Crippen LogP contribution in [0.4, 0.5) is 14.9 Å². The molecule has 3 amide bonds. The minimum Gasteiger partial charge on any atom is -0.351 e. The van der Waals surface area contributed by atoms with Crippen molar-refractivity contribution in [2.75, 3.05) is 18.4 Å². The fraction of sp³-hybridized carbons (Fsp3) is 0.391. The number of rotatable bonds is 4. The highest BCUT2D eigenvalue weighted by atomic mass is 19.1. The third kappa shape index (κ3) is 5.13. The molecule has 5 nitrogen and oxygen atoms in total. The van der Waals surface area contributed by atoms with Crippen LogP contribution in [0.3, 0.4) is 0 Å². The molecule has 0 aliphatic carbocycles. The number of carbonyl (C=O) groups excluding carboxylic acids is 2. The Morgan fingerprint density at radius 2 is 1.86 bits per heavy atom. The SMILES string of the molecule is Cc1ccc(C)c(NC(=O)N2CCCC(C)(C(=O)NCc3ccc(F)cc3)C2)c1. The summed E-state index contributed by atoms with van der Waals surface area (Å²) in [4.78, 5) is 27.4. The topological polar surface area (TPSA) is 61.4 Å². The number of likely N-dealkylation sites (tertiary alicyclic amines) is 1. The molecule has 0 aromatic heterocycles. The van der Waals surface area contributed by atoms with E-state index >= 15 is 0 Å². The Hall–Kier alpha value is -2.89. The molecule has 2 aromatic rings. The fourth-order valence-corrected chi connectivity index (χ4v) is 3.66. The monoisotopic (exact) mass is 397 g/mol. The lowest BCUT2D eigenvalue weighted by molar-refractivity contribution is -0.132. The Labute approximate surface area is 171 Å². The summed E-state index contributed by atoms with van der Waals surface area (Å²) >= 11 is 0. The Bertz CT molecular complexity index is 897. The molecule has 3 rings (SSSR count). The molecular weight excluding hydrogens is 369 g/mol. The van der Waals surface area contributed by atoms with Crippen molar-refractivity contribution in [1.29, 1.82) is 0 Å². The number of hydrogen-bond acceptors (Lipinski definition) is 2. The van der Waals surface area contributed by atoms with Gasteiger partial charge in [-0.05, 0) is 68.5 Å². The van der Waals surface area contributed by atoms with E-state index in [1.54, 1.807) is 17.0 Å². The van der Waals surface area contributed by atoms with Crippen LogP contribution in [-0.4, -0.2) is 29.9 Å². The van der Waals surface area contributed by atoms with Gasteiger partial charge in [-0.2, -0.15) is 0 Å². The number of nitrogens with one attached hydrogen (secondary N) is 2. The summed E-state index contributed by atoms with van der Waals surface area (Å²) in [5.41, 5.74) is 3.05. The van der Waals surface area contributed by atoms with Gasteiger partial charge in [0.1, 0.15) is 5.82 Å². The molecule has 1 saturated heterocycles. The van der Waals surface area contributed by atoms with Crippen LogP contribution < -0.4 is 10.6 Å². The lowest BCUT2D eigenvalue weighted by atomic mass is 9.81. The van der Waals surface area contributed by atoms with Gasteiger partial charge in [0.25, 0.3) is 0 Å². The minimum absolute atomic E-state index is 0.0916. The normalized spacial score (nSPS) is 19.0. The van der Waals surface area contributed by atoms with Crippen molar-refractivity contribution < 1.29 is 14.0 Å². The number of amides is 3. The van der Waals surface area contributed by atoms with Crippen LogP contribution in [0.2, 0.25) is 0 Å². The summed E-state index contributed by atoms with van der Waals surface area (Å²) in [6.45, 7) is 7.15. The summed E-state index contributed by atoms with van der Waals surface area (Å²) in [6, 6.07) is 11.8. The Morgan fingerprint density at radius 1 is 1.14 bits per heavy atom. The third-order valence-corrected chi connectivity index (χ3v) is 5.53. The quantitative estimate of drug-likeness (QED) is 0.804. The molecule has 2 aromatic carbocycles. The second kappa shape index (κ2) is 8.64. The number of carbonyl (C=O) groups is 2. The van der Waals surface area contributed by atoms with Gasteiger partial charge in [0.05, 0.1) is 5.41 Å². The van der Waals surface area contributed by atoms with Crippen LogP contribution in [0.5, 0.6) is 0 Å². The molecule has 1 aliphatic heterocycles. The van der Waals surface area contributed by atoms with Crippen LogP contribution in [0.25, 0.3) is 0 Å². The Balaban J connectivity index is 1.61. The molecule has 1 heterocycles. The predicted octanol–water partition coefficient (Wildman–Crippen LogP) is 4.39. The van der Waals surface area contributed by atoms with Gasteiger partial charge in [0.2, 0.25) is 5.91 Å². The van der Waals surface area contributed by atoms with E-state index in [0.717, 1.165) is 35.2 Å². The summed E-state index contributed by atoms with van der Waals surface area (Å²) in [5.74, 6) is -0.393. The Morgan fingerprint density at radius 3 is 2.59 bits per heavy atom. The van der Waals surface area contributed by atoms with E-state index < -0.39 is 5.41 Å². The first-order valence-electron chi connectivity index (χ1n) is 9.93. The maximum absolute atomic E-state index is 13.0. The Kier molecular flexibility index (Phi) is 6.20. The van der Waals surface area contributed by atoms with E-state index in [0.29, 0.717) is 19.6 Å². The number of halogens is 1. The van der Waals surface area contributed by atoms with Gasteiger partial charge >= 0.3 is 6.03 Å². The van der Waals surface area contributed by atoms with Gasteiger partial charge in [-0.3, -0.25) is 4.79 Å². The van der Waals surface area contributed by atoms with E-state index in [-0.39, 0.29) is 17.8 Å². The molecule has 0 spiro atoms. The summed E-state index contributed by atoms with van der Waals surface area (Å²) in [5, 5.41) is 5.91. The molecule has 0 radical (unpaired) electrons. The lowest BCUT2D eigenvalue weighted by Gasteiger charge is -2.39. The van der Waals surface area contributed by atoms with Gasteiger partial charge in [-0.25, -0.2) is 9.18 Å². The zero-order valence-corrected chi connectivity index (χ0v) is 17.2. The number of hydrogen-bond donors (Lipinski definition) is 2. The van der Waals surface area contributed by atoms with Crippen molar-refractivity contribution >= 4 is 17.6 Å². The second-order valence-electron chi connectivity index (χ2n) is 8.14. The number of nitrogens with zero attached hydrogens (tertiary/aromatic N) is 1. The maximum Gasteiger partial charge on any atom is 0.321 e. The van der Waals surface area contributed by atoms with Crippen molar-refractivity contribution in [3.05, 3.63) is 65.0 Å². The van der Waals surface area contributed by atoms with Gasteiger partial charge in [-0.15, -0.1) is 0 Å². The van der Waals surface area contributed by atoms with Gasteiger partial charge in [-0.1, -0.05) is 24.3 Å². The predicted molar refractivity (Wildman–Crippen MR) is 112 cm³/mol. The second-order valence-corrected chi connectivity index (χ2v) is 8.14. The average Bonchev–Trinajstić information content (AvgIpc) is 2.70. The molecule has 1 aliphatic rings. The largest absolute Gasteiger partial charge is 0.351 e. The number of urea groups is 1. The summed E-state index contributed by atoms with van der Waals surface area (Å²) in [7, 11) is 0. The van der Waals surface area contributed by atoms with Gasteiger partial charge in [0, 0.05) is 25.3 Å². The van der Waals surface area contributed by atoms with Gasteiger partial charge in [0.15, 0.2) is 0 Å². The van der Waals surface area contributed by atoms with Crippen LogP contribution >= 0.6 is 0 Å². The zero-order chi connectivity index (χ0) is 21.0. The molecule has 154 valence electrons. The lowest BCUT2D eigenvalue weighted by Crippen LogP contribution is -2.52. The van der Waals surface area contributed by atoms with Crippen molar-refractivity contribution in [3.63, 3.8) is 0 Å². The molecule has 1 unspecified atom stereocenters. The summed E-state index contributed by atoms with van der Waals surface area (Å²) in [6.07, 6.45) is 1.48. The molecule has 2 N–H and O–H groups in total. The van der Waals surface area contributed by atoms with Crippen molar-refractivity contribution in [3.8, 4) is 0 Å². The molecule has 29 heavy (non-hydrogen) atoms.